The molecule has 0 aromatic heterocycles. The Balaban J connectivity index is 2.43. The Bertz CT molecular complexity index is 459. The van der Waals surface area contributed by atoms with Crippen molar-refractivity contribution in [3.8, 4) is 5.75 Å². The summed E-state index contributed by atoms with van der Waals surface area (Å²) in [7, 11) is 1.35. The van der Waals surface area contributed by atoms with Crippen molar-refractivity contribution >= 4 is 15.9 Å². The van der Waals surface area contributed by atoms with E-state index in [-0.39, 0.29) is 11.9 Å². The molecule has 1 heterocycles. The number of hydrogen-bond acceptors (Lipinski definition) is 3. The van der Waals surface area contributed by atoms with Gasteiger partial charge in [-0.05, 0) is 12.1 Å². The zero-order valence-electron chi connectivity index (χ0n) is 10.2. The Morgan fingerprint density at radius 3 is 2.68 bits per heavy atom. The Morgan fingerprint density at radius 2 is 2.16 bits per heavy atom. The summed E-state index contributed by atoms with van der Waals surface area (Å²) in [6, 6.07) is 2.05. The first-order valence-corrected chi connectivity index (χ1v) is 6.49. The fourth-order valence-corrected chi connectivity index (χ4v) is 2.69. The van der Waals surface area contributed by atoms with Crippen LogP contribution in [0.15, 0.2) is 16.6 Å². The topological polar surface area (TPSA) is 30.5 Å². The molecule has 1 aromatic rings. The lowest BCUT2D eigenvalue weighted by Gasteiger charge is -2.26. The van der Waals surface area contributed by atoms with Crippen molar-refractivity contribution in [2.75, 3.05) is 26.8 Å². The van der Waals surface area contributed by atoms with Gasteiger partial charge in [-0.3, -0.25) is 0 Å². The van der Waals surface area contributed by atoms with E-state index >= 15 is 0 Å². The van der Waals surface area contributed by atoms with Gasteiger partial charge in [0.2, 0.25) is 0 Å². The van der Waals surface area contributed by atoms with Crippen molar-refractivity contribution in [3.05, 3.63) is 27.7 Å². The fourth-order valence-electron chi connectivity index (χ4n) is 1.99. The number of benzene rings is 1. The van der Waals surface area contributed by atoms with E-state index in [1.165, 1.54) is 7.11 Å². The summed E-state index contributed by atoms with van der Waals surface area (Å²) in [6.45, 7) is 1.79. The number of nitrogens with one attached hydrogen (secondary N) is 1. The summed E-state index contributed by atoms with van der Waals surface area (Å²) in [5.41, 5.74) is -0.147. The van der Waals surface area contributed by atoms with Crippen LogP contribution in [-0.4, -0.2) is 26.8 Å². The van der Waals surface area contributed by atoms with Crippen LogP contribution >= 0.6 is 15.9 Å². The van der Waals surface area contributed by atoms with Crippen LogP contribution in [0.1, 0.15) is 17.2 Å². The zero-order chi connectivity index (χ0) is 14.0. The third-order valence-electron chi connectivity index (χ3n) is 2.89. The smallest absolute Gasteiger partial charge is 0.416 e. The molecule has 1 atom stereocenters. The van der Waals surface area contributed by atoms with E-state index in [0.29, 0.717) is 23.2 Å². The molecule has 7 heteroatoms. The summed E-state index contributed by atoms with van der Waals surface area (Å²) in [5, 5.41) is 3.13. The van der Waals surface area contributed by atoms with Crippen LogP contribution in [0.3, 0.4) is 0 Å². The Hall–Kier alpha value is -0.790. The second-order valence-electron chi connectivity index (χ2n) is 4.14. The molecular formula is C12H13BrF3NO2. The number of morpholine rings is 1. The largest absolute Gasteiger partial charge is 0.496 e. The normalized spacial score (nSPS) is 20.4. The first-order chi connectivity index (χ1) is 8.93. The van der Waals surface area contributed by atoms with E-state index in [1.54, 1.807) is 0 Å². The van der Waals surface area contributed by atoms with Gasteiger partial charge < -0.3 is 14.8 Å². The van der Waals surface area contributed by atoms with Crippen molar-refractivity contribution in [2.24, 2.45) is 0 Å². The highest BCUT2D eigenvalue weighted by molar-refractivity contribution is 9.10. The van der Waals surface area contributed by atoms with E-state index in [2.05, 4.69) is 21.2 Å². The molecular weight excluding hydrogens is 327 g/mol. The predicted octanol–water partition coefficient (Wildman–Crippen LogP) is 3.14. The number of methoxy groups -OCH3 is 1. The summed E-state index contributed by atoms with van der Waals surface area (Å²) >= 11 is 3.18. The predicted molar refractivity (Wildman–Crippen MR) is 67.3 cm³/mol. The average Bonchev–Trinajstić information content (AvgIpc) is 2.37. The van der Waals surface area contributed by atoms with Crippen LogP contribution in [0.25, 0.3) is 0 Å². The lowest BCUT2D eigenvalue weighted by atomic mass is 10.0. The number of alkyl halides is 3. The van der Waals surface area contributed by atoms with Gasteiger partial charge in [-0.15, -0.1) is 0 Å². The summed E-state index contributed by atoms with van der Waals surface area (Å²) in [4.78, 5) is 0. The maximum Gasteiger partial charge on any atom is 0.416 e. The van der Waals surface area contributed by atoms with E-state index in [0.717, 1.165) is 18.7 Å². The van der Waals surface area contributed by atoms with E-state index < -0.39 is 11.7 Å². The van der Waals surface area contributed by atoms with Crippen LogP contribution in [0.5, 0.6) is 5.75 Å². The maximum absolute atomic E-state index is 12.7. The Kier molecular flexibility index (Phi) is 4.37. The number of halogens is 4. The van der Waals surface area contributed by atoms with E-state index in [9.17, 15) is 13.2 Å². The molecule has 0 bridgehead atoms. The summed E-state index contributed by atoms with van der Waals surface area (Å²) in [5.74, 6) is 0.176. The van der Waals surface area contributed by atoms with Gasteiger partial charge in [0.15, 0.2) is 0 Å². The van der Waals surface area contributed by atoms with Crippen molar-refractivity contribution in [1.82, 2.24) is 5.32 Å². The molecule has 0 aliphatic carbocycles. The number of rotatable bonds is 2. The molecule has 0 saturated carbocycles. The minimum atomic E-state index is -4.40. The van der Waals surface area contributed by atoms with E-state index in [4.69, 9.17) is 9.47 Å². The maximum atomic E-state index is 12.7. The van der Waals surface area contributed by atoms with Gasteiger partial charge in [-0.2, -0.15) is 13.2 Å². The van der Waals surface area contributed by atoms with Gasteiger partial charge in [-0.1, -0.05) is 15.9 Å². The molecule has 1 unspecified atom stereocenters. The highest BCUT2D eigenvalue weighted by Crippen LogP contribution is 2.40. The third kappa shape index (κ3) is 3.21. The van der Waals surface area contributed by atoms with Crippen molar-refractivity contribution in [2.45, 2.75) is 12.3 Å². The van der Waals surface area contributed by atoms with Crippen LogP contribution in [0.2, 0.25) is 0 Å². The van der Waals surface area contributed by atoms with Gasteiger partial charge >= 0.3 is 6.18 Å². The quantitative estimate of drug-likeness (QED) is 0.897. The average molecular weight is 340 g/mol. The van der Waals surface area contributed by atoms with Gasteiger partial charge in [-0.25, -0.2) is 0 Å². The second-order valence-corrected chi connectivity index (χ2v) is 4.99. The molecule has 2 rings (SSSR count). The Morgan fingerprint density at radius 1 is 1.42 bits per heavy atom. The van der Waals surface area contributed by atoms with Crippen LogP contribution in [-0.2, 0) is 10.9 Å². The van der Waals surface area contributed by atoms with Crippen LogP contribution in [0.4, 0.5) is 13.2 Å². The molecule has 0 radical (unpaired) electrons. The lowest BCUT2D eigenvalue weighted by Crippen LogP contribution is -2.33. The molecule has 0 spiro atoms. The molecule has 1 N–H and O–H groups in total. The summed E-state index contributed by atoms with van der Waals surface area (Å²) < 4.78 is 49.2. The molecule has 19 heavy (non-hydrogen) atoms. The van der Waals surface area contributed by atoms with Crippen molar-refractivity contribution < 1.29 is 22.6 Å². The lowest BCUT2D eigenvalue weighted by molar-refractivity contribution is -0.137. The zero-order valence-corrected chi connectivity index (χ0v) is 11.8. The standard InChI is InChI=1S/C12H13BrF3NO2/c1-18-9-5-7(12(14,15)16)4-8(13)11(9)10-6-17-2-3-19-10/h4-5,10,17H,2-3,6H2,1H3. The monoisotopic (exact) mass is 339 g/mol. The van der Waals surface area contributed by atoms with Gasteiger partial charge in [0.05, 0.1) is 25.4 Å². The molecule has 3 nitrogen and oxygen atoms in total. The first kappa shape index (κ1) is 14.6. The fraction of sp³-hybridized carbons (Fsp3) is 0.500. The molecule has 1 saturated heterocycles. The van der Waals surface area contributed by atoms with Crippen LogP contribution < -0.4 is 10.1 Å². The van der Waals surface area contributed by atoms with E-state index in [1.807, 2.05) is 0 Å². The van der Waals surface area contributed by atoms with Crippen molar-refractivity contribution in [3.63, 3.8) is 0 Å². The highest BCUT2D eigenvalue weighted by atomic mass is 79.9. The Labute approximate surface area is 117 Å². The first-order valence-electron chi connectivity index (χ1n) is 5.70. The van der Waals surface area contributed by atoms with Crippen LogP contribution in [0, 0.1) is 0 Å². The minimum absolute atomic E-state index is 0.176. The molecule has 0 amide bonds. The SMILES string of the molecule is COc1cc(C(F)(F)F)cc(Br)c1C1CNCCO1. The number of ether oxygens (including phenoxy) is 2. The van der Waals surface area contributed by atoms with Gasteiger partial charge in [0, 0.05) is 23.1 Å². The van der Waals surface area contributed by atoms with Gasteiger partial charge in [0.25, 0.3) is 0 Å². The molecule has 1 aromatic carbocycles. The minimum Gasteiger partial charge on any atom is -0.496 e. The molecule has 1 aliphatic rings. The molecule has 106 valence electrons. The molecule has 1 aliphatic heterocycles. The summed E-state index contributed by atoms with van der Waals surface area (Å²) in [6.07, 6.45) is -4.72. The van der Waals surface area contributed by atoms with Crippen molar-refractivity contribution in [1.29, 1.82) is 0 Å². The third-order valence-corrected chi connectivity index (χ3v) is 3.54. The number of hydrogen-bond donors (Lipinski definition) is 1. The van der Waals surface area contributed by atoms with Gasteiger partial charge in [0.1, 0.15) is 5.75 Å². The molecule has 1 fully saturated rings. The highest BCUT2D eigenvalue weighted by Gasteiger charge is 2.33. The second kappa shape index (κ2) is 5.68.